The zero-order valence-electron chi connectivity index (χ0n) is 8.05. The van der Waals surface area contributed by atoms with Gasteiger partial charge in [0.1, 0.15) is 5.78 Å². The van der Waals surface area contributed by atoms with Crippen molar-refractivity contribution in [3.63, 3.8) is 0 Å². The van der Waals surface area contributed by atoms with E-state index < -0.39 is 0 Å². The fourth-order valence-electron chi connectivity index (χ4n) is 2.50. The van der Waals surface area contributed by atoms with Crippen LogP contribution in [0.15, 0.2) is 11.6 Å². The molecule has 2 rings (SSSR count). The Hall–Kier alpha value is -0.590. The minimum absolute atomic E-state index is 0.400. The number of allylic oxidation sites excluding steroid dienone is 2. The van der Waals surface area contributed by atoms with Crippen LogP contribution in [0.2, 0.25) is 0 Å². The molecule has 66 valence electrons. The molecule has 12 heavy (non-hydrogen) atoms. The SMILES string of the molecule is CC1=C[C@@H]2[C@@H](CC(=O)C1)C2(C)C. The van der Waals surface area contributed by atoms with Gasteiger partial charge < -0.3 is 0 Å². The lowest BCUT2D eigenvalue weighted by molar-refractivity contribution is -0.118. The van der Waals surface area contributed by atoms with Crippen molar-refractivity contribution in [3.8, 4) is 0 Å². The van der Waals surface area contributed by atoms with Gasteiger partial charge in [-0.25, -0.2) is 0 Å². The van der Waals surface area contributed by atoms with Crippen molar-refractivity contribution in [1.82, 2.24) is 0 Å². The van der Waals surface area contributed by atoms with Crippen molar-refractivity contribution < 1.29 is 4.79 Å². The van der Waals surface area contributed by atoms with Gasteiger partial charge in [0.15, 0.2) is 0 Å². The van der Waals surface area contributed by atoms with Crippen molar-refractivity contribution in [2.24, 2.45) is 17.3 Å². The van der Waals surface area contributed by atoms with Gasteiger partial charge in [0.05, 0.1) is 0 Å². The van der Waals surface area contributed by atoms with Crippen LogP contribution in [0.4, 0.5) is 0 Å². The molecule has 2 aliphatic rings. The minimum Gasteiger partial charge on any atom is -0.299 e. The first kappa shape index (κ1) is 8.03. The quantitative estimate of drug-likeness (QED) is 0.503. The van der Waals surface area contributed by atoms with Crippen LogP contribution in [0.25, 0.3) is 0 Å². The van der Waals surface area contributed by atoms with Crippen molar-refractivity contribution >= 4 is 5.78 Å². The van der Waals surface area contributed by atoms with E-state index in [1.165, 1.54) is 5.57 Å². The normalized spacial score (nSPS) is 38.2. The summed E-state index contributed by atoms with van der Waals surface area (Å²) in [6, 6.07) is 0. The van der Waals surface area contributed by atoms with E-state index in [9.17, 15) is 4.79 Å². The maximum absolute atomic E-state index is 11.4. The zero-order valence-corrected chi connectivity index (χ0v) is 8.05. The topological polar surface area (TPSA) is 17.1 Å². The van der Waals surface area contributed by atoms with E-state index in [0.717, 1.165) is 6.42 Å². The molecule has 0 aromatic heterocycles. The summed E-state index contributed by atoms with van der Waals surface area (Å²) in [5.41, 5.74) is 1.68. The van der Waals surface area contributed by atoms with Crippen molar-refractivity contribution in [1.29, 1.82) is 0 Å². The smallest absolute Gasteiger partial charge is 0.137 e. The largest absolute Gasteiger partial charge is 0.299 e. The van der Waals surface area contributed by atoms with Gasteiger partial charge in [-0.15, -0.1) is 0 Å². The van der Waals surface area contributed by atoms with Crippen molar-refractivity contribution in [2.45, 2.75) is 33.6 Å². The van der Waals surface area contributed by atoms with Crippen molar-refractivity contribution in [3.05, 3.63) is 11.6 Å². The molecular formula is C11H16O. The summed E-state index contributed by atoms with van der Waals surface area (Å²) in [6.45, 7) is 6.62. The highest BCUT2D eigenvalue weighted by Crippen LogP contribution is 2.62. The first-order chi connectivity index (χ1) is 5.51. The van der Waals surface area contributed by atoms with Gasteiger partial charge in [0.2, 0.25) is 0 Å². The molecule has 1 saturated carbocycles. The molecule has 0 heterocycles. The van der Waals surface area contributed by atoms with Gasteiger partial charge in [-0.1, -0.05) is 25.5 Å². The van der Waals surface area contributed by atoms with Crippen LogP contribution in [0.5, 0.6) is 0 Å². The van der Waals surface area contributed by atoms with Crippen LogP contribution < -0.4 is 0 Å². The number of ketones is 1. The Morgan fingerprint density at radius 1 is 1.50 bits per heavy atom. The number of fused-ring (bicyclic) bond motifs is 1. The van der Waals surface area contributed by atoms with Crippen molar-refractivity contribution in [2.75, 3.05) is 0 Å². The molecule has 0 N–H and O–H groups in total. The van der Waals surface area contributed by atoms with E-state index in [4.69, 9.17) is 0 Å². The van der Waals surface area contributed by atoms with E-state index >= 15 is 0 Å². The molecule has 2 atom stereocenters. The molecule has 0 unspecified atom stereocenters. The predicted molar refractivity (Wildman–Crippen MR) is 48.8 cm³/mol. The average Bonchev–Trinajstić information content (AvgIpc) is 2.45. The van der Waals surface area contributed by atoms with Gasteiger partial charge >= 0.3 is 0 Å². The summed E-state index contributed by atoms with van der Waals surface area (Å²) >= 11 is 0. The summed E-state index contributed by atoms with van der Waals surface area (Å²) in [6.07, 6.45) is 3.82. The Balaban J connectivity index is 2.24. The standard InChI is InChI=1S/C11H16O/c1-7-4-8(12)6-10-9(5-7)11(10,2)3/h5,9-10H,4,6H2,1-3H3/t9-,10-/m1/s1. The summed E-state index contributed by atoms with van der Waals surface area (Å²) in [4.78, 5) is 11.4. The third-order valence-electron chi connectivity index (χ3n) is 3.53. The first-order valence-corrected chi connectivity index (χ1v) is 4.71. The molecule has 1 fully saturated rings. The van der Waals surface area contributed by atoms with E-state index in [-0.39, 0.29) is 0 Å². The van der Waals surface area contributed by atoms with Gasteiger partial charge in [0, 0.05) is 12.8 Å². The van der Waals surface area contributed by atoms with Crippen LogP contribution in [0, 0.1) is 17.3 Å². The molecule has 0 bridgehead atoms. The third kappa shape index (κ3) is 1.03. The second kappa shape index (κ2) is 2.21. The van der Waals surface area contributed by atoms with Gasteiger partial charge in [0.25, 0.3) is 0 Å². The molecule has 0 radical (unpaired) electrons. The number of carbonyl (C=O) groups excluding carboxylic acids is 1. The third-order valence-corrected chi connectivity index (χ3v) is 3.53. The van der Waals surface area contributed by atoms with Crippen LogP contribution in [0.3, 0.4) is 0 Å². The maximum Gasteiger partial charge on any atom is 0.137 e. The first-order valence-electron chi connectivity index (χ1n) is 4.71. The number of Topliss-reactive ketones (excluding diaryl/α,β-unsaturated/α-hetero) is 1. The predicted octanol–water partition coefficient (Wildman–Crippen LogP) is 2.57. The van der Waals surface area contributed by atoms with E-state index in [2.05, 4.69) is 26.8 Å². The average molecular weight is 164 g/mol. The Kier molecular flexibility index (Phi) is 1.48. The Morgan fingerprint density at radius 3 is 2.83 bits per heavy atom. The van der Waals surface area contributed by atoms with Crippen LogP contribution >= 0.6 is 0 Å². The molecule has 1 nitrogen and oxygen atoms in total. The lowest BCUT2D eigenvalue weighted by Crippen LogP contribution is -2.02. The van der Waals surface area contributed by atoms with E-state index in [1.54, 1.807) is 0 Å². The number of rotatable bonds is 0. The summed E-state index contributed by atoms with van der Waals surface area (Å²) in [5, 5.41) is 0. The Morgan fingerprint density at radius 2 is 2.17 bits per heavy atom. The second-order valence-electron chi connectivity index (χ2n) is 4.89. The Bertz CT molecular complexity index is 260. The van der Waals surface area contributed by atoms with Gasteiger partial charge in [-0.2, -0.15) is 0 Å². The highest BCUT2D eigenvalue weighted by Gasteiger charge is 2.57. The summed E-state index contributed by atoms with van der Waals surface area (Å²) in [5.74, 6) is 1.76. The lowest BCUT2D eigenvalue weighted by Gasteiger charge is -2.04. The van der Waals surface area contributed by atoms with E-state index in [1.807, 2.05) is 0 Å². The second-order valence-corrected chi connectivity index (χ2v) is 4.89. The zero-order chi connectivity index (χ0) is 8.93. The lowest BCUT2D eigenvalue weighted by atomic mass is 10.0. The molecule has 1 heteroatoms. The molecule has 2 aliphatic carbocycles. The van der Waals surface area contributed by atoms with Crippen LogP contribution in [-0.2, 0) is 4.79 Å². The monoisotopic (exact) mass is 164 g/mol. The van der Waals surface area contributed by atoms with Gasteiger partial charge in [-0.3, -0.25) is 4.79 Å². The summed E-state index contributed by atoms with van der Waals surface area (Å²) in [7, 11) is 0. The number of hydrogen-bond acceptors (Lipinski definition) is 1. The fraction of sp³-hybridized carbons (Fsp3) is 0.727. The molecule has 0 aromatic rings. The number of hydrogen-bond donors (Lipinski definition) is 0. The highest BCUT2D eigenvalue weighted by molar-refractivity contribution is 5.82. The Labute approximate surface area is 73.8 Å². The van der Waals surface area contributed by atoms with Crippen LogP contribution in [0.1, 0.15) is 33.6 Å². The number of carbonyl (C=O) groups is 1. The molecule has 0 spiro atoms. The molecule has 0 aromatic carbocycles. The van der Waals surface area contributed by atoms with Gasteiger partial charge in [-0.05, 0) is 24.2 Å². The van der Waals surface area contributed by atoms with Crippen LogP contribution in [-0.4, -0.2) is 5.78 Å². The van der Waals surface area contributed by atoms with E-state index in [0.29, 0.717) is 29.5 Å². The molecule has 0 amide bonds. The molecule has 0 aliphatic heterocycles. The maximum atomic E-state index is 11.4. The molecule has 0 saturated heterocycles. The minimum atomic E-state index is 0.400. The highest BCUT2D eigenvalue weighted by atomic mass is 16.1. The fourth-order valence-corrected chi connectivity index (χ4v) is 2.50. The molecular weight excluding hydrogens is 148 g/mol. The summed E-state index contributed by atoms with van der Waals surface area (Å²) < 4.78 is 0.